The van der Waals surface area contributed by atoms with Gasteiger partial charge in [0, 0.05) is 27.7 Å². The van der Waals surface area contributed by atoms with Crippen molar-refractivity contribution in [2.75, 3.05) is 6.54 Å². The molecule has 1 fully saturated rings. The predicted octanol–water partition coefficient (Wildman–Crippen LogP) is 8.01. The maximum absolute atomic E-state index is 14.0. The summed E-state index contributed by atoms with van der Waals surface area (Å²) in [5, 5.41) is 12.4. The van der Waals surface area contributed by atoms with Gasteiger partial charge in [0.15, 0.2) is 5.69 Å². The fourth-order valence-corrected chi connectivity index (χ4v) is 5.84. The molecule has 0 saturated heterocycles. The van der Waals surface area contributed by atoms with Crippen LogP contribution in [0.3, 0.4) is 0 Å². The van der Waals surface area contributed by atoms with Gasteiger partial charge in [0.05, 0.1) is 21.9 Å². The monoisotopic (exact) mass is 604 g/mol. The van der Waals surface area contributed by atoms with E-state index in [4.69, 9.17) is 44.6 Å². The Labute approximate surface area is 250 Å². The van der Waals surface area contributed by atoms with Gasteiger partial charge in [-0.15, -0.1) is 0 Å². The standard InChI is InChI=1S/C30H35Cl3N4O3/c1-18-8-6-7-15-30(18,17-34-28(39)40-29(3,4)5)35-27(38)25-19(2)26(20-9-11-21(31)12-10-20)37(36-25)24-14-13-22(32)16-23(24)33/h9-14,16,18H,6-8,15,17H2,1-5H3,(H,34,39)(H,35,38). The molecule has 214 valence electrons. The maximum Gasteiger partial charge on any atom is 0.407 e. The normalized spacial score (nSPS) is 19.2. The van der Waals surface area contributed by atoms with Crippen LogP contribution in [0.1, 0.15) is 69.4 Å². The first kappa shape index (κ1) is 30.2. The fraction of sp³-hybridized carbons (Fsp3) is 0.433. The van der Waals surface area contributed by atoms with Crippen molar-refractivity contribution in [3.8, 4) is 16.9 Å². The molecule has 3 aromatic rings. The molecule has 1 aliphatic rings. The van der Waals surface area contributed by atoms with E-state index < -0.39 is 17.2 Å². The van der Waals surface area contributed by atoms with Gasteiger partial charge >= 0.3 is 6.09 Å². The smallest absolute Gasteiger partial charge is 0.407 e. The van der Waals surface area contributed by atoms with Crippen LogP contribution >= 0.6 is 34.8 Å². The van der Waals surface area contributed by atoms with Gasteiger partial charge in [-0.1, -0.05) is 66.7 Å². The molecule has 40 heavy (non-hydrogen) atoms. The predicted molar refractivity (Wildman–Crippen MR) is 161 cm³/mol. The van der Waals surface area contributed by atoms with E-state index in [1.165, 1.54) is 0 Å². The summed E-state index contributed by atoms with van der Waals surface area (Å²) < 4.78 is 7.12. The Morgan fingerprint density at radius 2 is 1.75 bits per heavy atom. The number of alkyl carbamates (subject to hydrolysis) is 1. The lowest BCUT2D eigenvalue weighted by Gasteiger charge is -2.43. The van der Waals surface area contributed by atoms with Gasteiger partial charge in [-0.05, 0) is 76.8 Å². The molecule has 1 saturated carbocycles. The Morgan fingerprint density at radius 1 is 1.07 bits per heavy atom. The topological polar surface area (TPSA) is 85.2 Å². The highest BCUT2D eigenvalue weighted by Crippen LogP contribution is 2.36. The van der Waals surface area contributed by atoms with Gasteiger partial charge in [-0.3, -0.25) is 4.79 Å². The van der Waals surface area contributed by atoms with E-state index >= 15 is 0 Å². The maximum atomic E-state index is 14.0. The minimum Gasteiger partial charge on any atom is -0.444 e. The van der Waals surface area contributed by atoms with Crippen LogP contribution in [0.4, 0.5) is 4.79 Å². The highest BCUT2D eigenvalue weighted by Gasteiger charge is 2.41. The van der Waals surface area contributed by atoms with Crippen LogP contribution < -0.4 is 10.6 Å². The number of amides is 2. The molecule has 10 heteroatoms. The number of ether oxygens (including phenoxy) is 1. The number of benzene rings is 2. The quantitative estimate of drug-likeness (QED) is 0.298. The van der Waals surface area contributed by atoms with Gasteiger partial charge in [-0.25, -0.2) is 9.48 Å². The van der Waals surface area contributed by atoms with Gasteiger partial charge in [0.2, 0.25) is 0 Å². The summed E-state index contributed by atoms with van der Waals surface area (Å²) in [4.78, 5) is 26.5. The zero-order chi connectivity index (χ0) is 29.2. The number of carbonyl (C=O) groups is 2. The van der Waals surface area contributed by atoms with Gasteiger partial charge < -0.3 is 15.4 Å². The summed E-state index contributed by atoms with van der Waals surface area (Å²) in [6.45, 7) is 9.67. The van der Waals surface area contributed by atoms with Crippen LogP contribution in [0, 0.1) is 12.8 Å². The van der Waals surface area contributed by atoms with Gasteiger partial charge in [-0.2, -0.15) is 5.10 Å². The Bertz CT molecular complexity index is 1400. The second-order valence-corrected chi connectivity index (χ2v) is 12.7. The zero-order valence-electron chi connectivity index (χ0n) is 23.4. The van der Waals surface area contributed by atoms with Crippen LogP contribution in [-0.2, 0) is 4.74 Å². The van der Waals surface area contributed by atoms with Crippen molar-refractivity contribution >= 4 is 46.8 Å². The molecule has 0 bridgehead atoms. The first-order valence-electron chi connectivity index (χ1n) is 13.4. The van der Waals surface area contributed by atoms with Crippen molar-refractivity contribution in [3.05, 3.63) is 68.8 Å². The van der Waals surface area contributed by atoms with Crippen LogP contribution in [0.2, 0.25) is 15.1 Å². The number of nitrogens with one attached hydrogen (secondary N) is 2. The molecule has 1 aromatic heterocycles. The van der Waals surface area contributed by atoms with Crippen molar-refractivity contribution in [2.45, 2.75) is 71.4 Å². The molecule has 4 rings (SSSR count). The molecule has 0 aliphatic heterocycles. The molecular formula is C30H35Cl3N4O3. The fourth-order valence-electron chi connectivity index (χ4n) is 5.22. The van der Waals surface area contributed by atoms with Crippen molar-refractivity contribution in [2.24, 2.45) is 5.92 Å². The second-order valence-electron chi connectivity index (χ2n) is 11.4. The van der Waals surface area contributed by atoms with Gasteiger partial charge in [0.1, 0.15) is 5.60 Å². The molecule has 1 heterocycles. The number of aromatic nitrogens is 2. The third-order valence-electron chi connectivity index (χ3n) is 7.36. The molecular weight excluding hydrogens is 571 g/mol. The van der Waals surface area contributed by atoms with Crippen molar-refractivity contribution in [1.29, 1.82) is 0 Å². The number of hydrogen-bond acceptors (Lipinski definition) is 4. The third kappa shape index (κ3) is 6.76. The molecule has 0 spiro atoms. The van der Waals surface area contributed by atoms with Crippen LogP contribution in [0.25, 0.3) is 16.9 Å². The van der Waals surface area contributed by atoms with Crippen molar-refractivity contribution < 1.29 is 14.3 Å². The molecule has 2 amide bonds. The first-order valence-corrected chi connectivity index (χ1v) is 14.5. The minimum atomic E-state index is -0.652. The number of carbonyl (C=O) groups excluding carboxylic acids is 2. The highest BCUT2D eigenvalue weighted by molar-refractivity contribution is 6.35. The number of hydrogen-bond donors (Lipinski definition) is 2. The van der Waals surface area contributed by atoms with E-state index in [2.05, 4.69) is 17.6 Å². The van der Waals surface area contributed by atoms with E-state index in [0.29, 0.717) is 32.0 Å². The molecule has 0 radical (unpaired) electrons. The number of halogens is 3. The molecule has 2 unspecified atom stereocenters. The lowest BCUT2D eigenvalue weighted by Crippen LogP contribution is -2.61. The van der Waals surface area contributed by atoms with Crippen LogP contribution in [-0.4, -0.2) is 39.5 Å². The average Bonchev–Trinajstić information content (AvgIpc) is 3.21. The van der Waals surface area contributed by atoms with E-state index in [-0.39, 0.29) is 24.1 Å². The molecule has 2 atom stereocenters. The first-order chi connectivity index (χ1) is 18.8. The molecule has 7 nitrogen and oxygen atoms in total. The average molecular weight is 606 g/mol. The summed E-state index contributed by atoms with van der Waals surface area (Å²) in [6, 6.07) is 12.5. The number of nitrogens with zero attached hydrogens (tertiary/aromatic N) is 2. The Hall–Kier alpha value is -2.74. The Balaban J connectivity index is 1.72. The molecule has 2 N–H and O–H groups in total. The van der Waals surface area contributed by atoms with Crippen molar-refractivity contribution in [3.63, 3.8) is 0 Å². The van der Waals surface area contributed by atoms with Crippen molar-refractivity contribution in [1.82, 2.24) is 20.4 Å². The van der Waals surface area contributed by atoms with E-state index in [1.54, 1.807) is 35.0 Å². The largest absolute Gasteiger partial charge is 0.444 e. The van der Waals surface area contributed by atoms with E-state index in [0.717, 1.165) is 31.2 Å². The number of rotatable bonds is 6. The Morgan fingerprint density at radius 3 is 2.38 bits per heavy atom. The Kier molecular flexibility index (Phi) is 9.08. The van der Waals surface area contributed by atoms with Crippen LogP contribution in [0.15, 0.2) is 42.5 Å². The summed E-state index contributed by atoms with van der Waals surface area (Å²) >= 11 is 18.9. The van der Waals surface area contributed by atoms with Gasteiger partial charge in [0.25, 0.3) is 5.91 Å². The van der Waals surface area contributed by atoms with Crippen LogP contribution in [0.5, 0.6) is 0 Å². The minimum absolute atomic E-state index is 0.129. The van der Waals surface area contributed by atoms with E-state index in [1.807, 2.05) is 39.8 Å². The SMILES string of the molecule is Cc1c(C(=O)NC2(CNC(=O)OC(C)(C)C)CCCCC2C)nn(-c2ccc(Cl)cc2Cl)c1-c1ccc(Cl)cc1. The van der Waals surface area contributed by atoms with E-state index in [9.17, 15) is 9.59 Å². The lowest BCUT2D eigenvalue weighted by atomic mass is 9.73. The highest BCUT2D eigenvalue weighted by atomic mass is 35.5. The summed E-state index contributed by atoms with van der Waals surface area (Å²) in [5.74, 6) is -0.194. The summed E-state index contributed by atoms with van der Waals surface area (Å²) in [7, 11) is 0. The third-order valence-corrected chi connectivity index (χ3v) is 8.15. The summed E-state index contributed by atoms with van der Waals surface area (Å²) in [6.07, 6.45) is 3.14. The molecule has 1 aliphatic carbocycles. The lowest BCUT2D eigenvalue weighted by molar-refractivity contribution is 0.0468. The second kappa shape index (κ2) is 12.0. The summed E-state index contributed by atoms with van der Waals surface area (Å²) in [5.41, 5.74) is 1.81. The molecule has 2 aromatic carbocycles. The zero-order valence-corrected chi connectivity index (χ0v) is 25.7.